The number of rotatable bonds is 3. The van der Waals surface area contributed by atoms with Crippen LogP contribution >= 0.6 is 0 Å². The molecule has 18 heavy (non-hydrogen) atoms. The lowest BCUT2D eigenvalue weighted by Crippen LogP contribution is -2.38. The predicted molar refractivity (Wildman–Crippen MR) is 60.6 cm³/mol. The first-order valence-corrected chi connectivity index (χ1v) is 5.70. The van der Waals surface area contributed by atoms with Crippen LogP contribution in [-0.2, 0) is 17.6 Å². The molecule has 0 unspecified atom stereocenters. The number of benzene rings is 1. The highest BCUT2D eigenvalue weighted by atomic mass is 19.1. The van der Waals surface area contributed by atoms with Crippen LogP contribution in [0.25, 0.3) is 0 Å². The summed E-state index contributed by atoms with van der Waals surface area (Å²) < 4.78 is 26.7. The molecule has 1 aromatic carbocycles. The summed E-state index contributed by atoms with van der Waals surface area (Å²) >= 11 is 0. The Morgan fingerprint density at radius 2 is 2.28 bits per heavy atom. The van der Waals surface area contributed by atoms with Gasteiger partial charge in [-0.3, -0.25) is 4.79 Å². The van der Waals surface area contributed by atoms with Crippen LogP contribution in [0.2, 0.25) is 0 Å². The van der Waals surface area contributed by atoms with Crippen LogP contribution in [0.1, 0.15) is 17.5 Å². The summed E-state index contributed by atoms with van der Waals surface area (Å²) in [4.78, 5) is 12.2. The molecule has 0 N–H and O–H groups in total. The lowest BCUT2D eigenvalue weighted by molar-refractivity contribution is -0.119. The van der Waals surface area contributed by atoms with Gasteiger partial charge in [-0.25, -0.2) is 8.78 Å². The van der Waals surface area contributed by atoms with Crippen LogP contribution < -0.4 is 0 Å². The quantitative estimate of drug-likeness (QED) is 0.606. The van der Waals surface area contributed by atoms with E-state index in [1.54, 1.807) is 0 Å². The Kier molecular flexibility index (Phi) is 3.56. The molecule has 0 radical (unpaired) electrons. The third-order valence-electron chi connectivity index (χ3n) is 3.29. The van der Waals surface area contributed by atoms with Crippen molar-refractivity contribution in [2.24, 2.45) is 0 Å². The van der Waals surface area contributed by atoms with E-state index < -0.39 is 11.6 Å². The zero-order chi connectivity index (χ0) is 13.1. The minimum absolute atomic E-state index is 0.00129. The molecule has 3 nitrogen and oxygen atoms in total. The average molecular weight is 250 g/mol. The van der Waals surface area contributed by atoms with Crippen molar-refractivity contribution in [3.05, 3.63) is 34.9 Å². The average Bonchev–Trinajstić information content (AvgIpc) is 2.35. The molecular weight excluding hydrogens is 238 g/mol. The maximum atomic E-state index is 13.5. The van der Waals surface area contributed by atoms with E-state index in [1.807, 2.05) is 6.07 Å². The normalized spacial score (nSPS) is 17.7. The van der Waals surface area contributed by atoms with Crippen molar-refractivity contribution in [3.8, 4) is 6.07 Å². The highest BCUT2D eigenvalue weighted by molar-refractivity contribution is 5.49. The Morgan fingerprint density at radius 1 is 1.50 bits per heavy atom. The van der Waals surface area contributed by atoms with E-state index in [0.29, 0.717) is 36.8 Å². The smallest absolute Gasteiger partial charge is 0.210 e. The van der Waals surface area contributed by atoms with E-state index >= 15 is 0 Å². The second kappa shape index (κ2) is 5.13. The molecule has 0 aliphatic heterocycles. The molecule has 0 fully saturated rings. The molecular formula is C13H12F2N2O. The van der Waals surface area contributed by atoms with E-state index in [-0.39, 0.29) is 12.6 Å². The van der Waals surface area contributed by atoms with E-state index in [4.69, 9.17) is 5.26 Å². The largest absolute Gasteiger partial charge is 0.329 e. The molecule has 94 valence electrons. The van der Waals surface area contributed by atoms with Crippen molar-refractivity contribution in [2.75, 3.05) is 6.54 Å². The molecule has 0 saturated heterocycles. The van der Waals surface area contributed by atoms with E-state index in [1.165, 1.54) is 11.0 Å². The predicted octanol–water partition coefficient (Wildman–Crippen LogP) is 1.80. The molecule has 0 heterocycles. The Labute approximate surface area is 104 Å². The molecule has 1 aromatic rings. The molecule has 0 saturated carbocycles. The molecule has 0 spiro atoms. The third kappa shape index (κ3) is 2.33. The summed E-state index contributed by atoms with van der Waals surface area (Å²) in [5.74, 6) is -1.13. The van der Waals surface area contributed by atoms with Crippen LogP contribution in [0.4, 0.5) is 8.78 Å². The van der Waals surface area contributed by atoms with Gasteiger partial charge in [0.2, 0.25) is 6.41 Å². The number of halogens is 2. The van der Waals surface area contributed by atoms with Gasteiger partial charge in [0, 0.05) is 12.1 Å². The molecule has 0 aromatic heterocycles. The fourth-order valence-corrected chi connectivity index (χ4v) is 2.40. The molecule has 1 aliphatic rings. The first-order chi connectivity index (χ1) is 8.65. The van der Waals surface area contributed by atoms with Gasteiger partial charge in [-0.05, 0) is 36.5 Å². The summed E-state index contributed by atoms with van der Waals surface area (Å²) in [5, 5.41) is 8.61. The van der Waals surface area contributed by atoms with Gasteiger partial charge >= 0.3 is 0 Å². The summed E-state index contributed by atoms with van der Waals surface area (Å²) in [6.07, 6.45) is 2.07. The number of nitriles is 1. The van der Waals surface area contributed by atoms with Gasteiger partial charge in [-0.1, -0.05) is 0 Å². The van der Waals surface area contributed by atoms with Crippen molar-refractivity contribution >= 4 is 6.41 Å². The third-order valence-corrected chi connectivity index (χ3v) is 3.29. The zero-order valence-electron chi connectivity index (χ0n) is 9.70. The number of carbonyl (C=O) groups excluding carboxylic acids is 1. The van der Waals surface area contributed by atoms with Crippen LogP contribution in [0.5, 0.6) is 0 Å². The summed E-state index contributed by atoms with van der Waals surface area (Å²) in [5.41, 5.74) is 1.11. The topological polar surface area (TPSA) is 44.1 Å². The second-order valence-corrected chi connectivity index (χ2v) is 4.36. The molecule has 0 bridgehead atoms. The van der Waals surface area contributed by atoms with Gasteiger partial charge in [0.1, 0.15) is 18.2 Å². The summed E-state index contributed by atoms with van der Waals surface area (Å²) in [7, 11) is 0. The van der Waals surface area contributed by atoms with E-state index in [2.05, 4.69) is 0 Å². The maximum absolute atomic E-state index is 13.5. The van der Waals surface area contributed by atoms with Crippen molar-refractivity contribution < 1.29 is 13.6 Å². The first-order valence-electron chi connectivity index (χ1n) is 5.70. The fourth-order valence-electron chi connectivity index (χ4n) is 2.40. The number of amides is 1. The molecule has 1 aliphatic carbocycles. The second-order valence-electron chi connectivity index (χ2n) is 4.36. The number of carbonyl (C=O) groups is 1. The minimum atomic E-state index is -0.607. The maximum Gasteiger partial charge on any atom is 0.210 e. The lowest BCUT2D eigenvalue weighted by atomic mass is 9.87. The Balaban J connectivity index is 2.24. The number of fused-ring (bicyclic) bond motifs is 1. The molecule has 2 rings (SSSR count). The minimum Gasteiger partial charge on any atom is -0.329 e. The van der Waals surface area contributed by atoms with E-state index in [9.17, 15) is 13.6 Å². The number of hydrogen-bond donors (Lipinski definition) is 0. The van der Waals surface area contributed by atoms with Gasteiger partial charge in [0.05, 0.1) is 6.07 Å². The van der Waals surface area contributed by atoms with E-state index in [0.717, 1.165) is 6.07 Å². The molecule has 5 heteroatoms. The van der Waals surface area contributed by atoms with Crippen molar-refractivity contribution in [3.63, 3.8) is 0 Å². The molecule has 1 atom stereocenters. The van der Waals surface area contributed by atoms with Gasteiger partial charge in [-0.15, -0.1) is 0 Å². The van der Waals surface area contributed by atoms with Crippen LogP contribution in [-0.4, -0.2) is 23.9 Å². The Hall–Kier alpha value is -1.96. The molecule has 1 amide bonds. The first kappa shape index (κ1) is 12.5. The van der Waals surface area contributed by atoms with Crippen molar-refractivity contribution in [2.45, 2.75) is 25.3 Å². The monoisotopic (exact) mass is 250 g/mol. The lowest BCUT2D eigenvalue weighted by Gasteiger charge is -2.31. The Bertz CT molecular complexity index is 510. The summed E-state index contributed by atoms with van der Waals surface area (Å²) in [6.45, 7) is 0.00129. The van der Waals surface area contributed by atoms with Gasteiger partial charge in [-0.2, -0.15) is 5.26 Å². The summed E-state index contributed by atoms with van der Waals surface area (Å²) in [6, 6.07) is 3.94. The van der Waals surface area contributed by atoms with Crippen molar-refractivity contribution in [1.82, 2.24) is 4.90 Å². The standard InChI is InChI=1S/C13H12F2N2O/c14-10-5-9-6-11(17(8-18)4-3-16)1-2-12(9)13(15)7-10/h5,7-8,11H,1-2,4,6H2/t11-/m0/s1. The van der Waals surface area contributed by atoms with Crippen molar-refractivity contribution in [1.29, 1.82) is 5.26 Å². The van der Waals surface area contributed by atoms with Gasteiger partial charge in [0.25, 0.3) is 0 Å². The SMILES string of the molecule is N#CCN(C=O)[C@H]1CCc2c(F)cc(F)cc2C1. The zero-order valence-corrected chi connectivity index (χ0v) is 9.70. The van der Waals surface area contributed by atoms with Crippen LogP contribution in [0.3, 0.4) is 0 Å². The number of nitrogens with zero attached hydrogens (tertiary/aromatic N) is 2. The fraction of sp³-hybridized carbons (Fsp3) is 0.385. The number of hydrogen-bond acceptors (Lipinski definition) is 2. The van der Waals surface area contributed by atoms with Crippen LogP contribution in [0.15, 0.2) is 12.1 Å². The van der Waals surface area contributed by atoms with Gasteiger partial charge in [0.15, 0.2) is 0 Å². The van der Waals surface area contributed by atoms with Crippen LogP contribution in [0, 0.1) is 23.0 Å². The highest BCUT2D eigenvalue weighted by Crippen LogP contribution is 2.27. The Morgan fingerprint density at radius 3 is 2.94 bits per heavy atom. The highest BCUT2D eigenvalue weighted by Gasteiger charge is 2.25. The van der Waals surface area contributed by atoms with Gasteiger partial charge < -0.3 is 4.90 Å².